The van der Waals surface area contributed by atoms with E-state index in [1.54, 1.807) is 4.90 Å². The smallest absolute Gasteiger partial charge is 0.339 e. The summed E-state index contributed by atoms with van der Waals surface area (Å²) in [6.45, 7) is 0. The number of nitrogens with zero attached hydrogens (tertiary/aromatic N) is 2. The van der Waals surface area contributed by atoms with Crippen LogP contribution < -0.4 is 9.64 Å². The fraction of sp³-hybridized carbons (Fsp3) is 0.455. The molecule has 0 atom stereocenters. The fourth-order valence-electron chi connectivity index (χ4n) is 1.30. The lowest BCUT2D eigenvalue weighted by molar-refractivity contribution is 0.0691. The van der Waals surface area contributed by atoms with Crippen molar-refractivity contribution in [3.05, 3.63) is 17.8 Å². The van der Waals surface area contributed by atoms with Crippen LogP contribution in [0.5, 0.6) is 5.75 Å². The molecule has 0 aromatic carbocycles. The molecule has 1 aromatic heterocycles. The lowest BCUT2D eigenvalue weighted by atomic mass is 10.2. The van der Waals surface area contributed by atoms with E-state index in [-0.39, 0.29) is 11.7 Å². The van der Waals surface area contributed by atoms with Crippen LogP contribution in [0.25, 0.3) is 0 Å². The average molecular weight is 222 g/mol. The number of aromatic nitrogens is 1. The van der Waals surface area contributed by atoms with E-state index in [2.05, 4.69) is 4.98 Å². The number of anilines is 1. The van der Waals surface area contributed by atoms with Gasteiger partial charge in [0, 0.05) is 14.1 Å². The summed E-state index contributed by atoms with van der Waals surface area (Å²) >= 11 is 0. The van der Waals surface area contributed by atoms with Crippen molar-refractivity contribution in [3.8, 4) is 5.75 Å². The Hall–Kier alpha value is -1.78. The zero-order valence-electron chi connectivity index (χ0n) is 9.30. The van der Waals surface area contributed by atoms with Gasteiger partial charge in [-0.15, -0.1) is 0 Å². The summed E-state index contributed by atoms with van der Waals surface area (Å²) in [6, 6.07) is 1.53. The Bertz CT molecular complexity index is 414. The average Bonchev–Trinajstić information content (AvgIpc) is 3.01. The minimum Gasteiger partial charge on any atom is -0.488 e. The van der Waals surface area contributed by atoms with Crippen LogP contribution in [0, 0.1) is 0 Å². The Morgan fingerprint density at radius 2 is 2.25 bits per heavy atom. The van der Waals surface area contributed by atoms with E-state index < -0.39 is 5.97 Å². The Morgan fingerprint density at radius 3 is 2.75 bits per heavy atom. The van der Waals surface area contributed by atoms with Crippen LogP contribution in [0.2, 0.25) is 0 Å². The van der Waals surface area contributed by atoms with Crippen molar-refractivity contribution in [1.82, 2.24) is 4.98 Å². The van der Waals surface area contributed by atoms with Crippen molar-refractivity contribution in [2.24, 2.45) is 0 Å². The summed E-state index contributed by atoms with van der Waals surface area (Å²) in [5.74, 6) is -0.0118. The molecule has 0 bridgehead atoms. The molecule has 16 heavy (non-hydrogen) atoms. The maximum atomic E-state index is 11.1. The van der Waals surface area contributed by atoms with Crippen molar-refractivity contribution in [3.63, 3.8) is 0 Å². The Labute approximate surface area is 93.7 Å². The van der Waals surface area contributed by atoms with Gasteiger partial charge >= 0.3 is 5.97 Å². The number of hydrogen-bond donors (Lipinski definition) is 1. The van der Waals surface area contributed by atoms with Crippen LogP contribution in [-0.4, -0.2) is 36.3 Å². The quantitative estimate of drug-likeness (QED) is 0.834. The summed E-state index contributed by atoms with van der Waals surface area (Å²) < 4.78 is 5.49. The maximum Gasteiger partial charge on any atom is 0.339 e. The van der Waals surface area contributed by atoms with Gasteiger partial charge in [0.1, 0.15) is 11.4 Å². The second kappa shape index (κ2) is 4.00. The molecule has 1 N–H and O–H groups in total. The molecule has 1 aliphatic carbocycles. The van der Waals surface area contributed by atoms with Crippen molar-refractivity contribution < 1.29 is 14.6 Å². The van der Waals surface area contributed by atoms with E-state index in [1.807, 2.05) is 14.1 Å². The summed E-state index contributed by atoms with van der Waals surface area (Å²) in [5, 5.41) is 9.08. The van der Waals surface area contributed by atoms with Gasteiger partial charge in [0.15, 0.2) is 5.75 Å². The second-order valence-electron chi connectivity index (χ2n) is 4.06. The van der Waals surface area contributed by atoms with Gasteiger partial charge in [-0.25, -0.2) is 9.78 Å². The highest BCUT2D eigenvalue weighted by Crippen LogP contribution is 2.30. The molecule has 0 amide bonds. The van der Waals surface area contributed by atoms with Gasteiger partial charge in [-0.1, -0.05) is 0 Å². The first kappa shape index (κ1) is 10.7. The SMILES string of the molecule is CN(C)c1cc(C(=O)O)c(OC2CC2)cn1. The van der Waals surface area contributed by atoms with Crippen molar-refractivity contribution in [1.29, 1.82) is 0 Å². The molecule has 0 unspecified atom stereocenters. The number of hydrogen-bond acceptors (Lipinski definition) is 4. The topological polar surface area (TPSA) is 62.7 Å². The molecule has 0 spiro atoms. The Kier molecular flexibility index (Phi) is 2.68. The van der Waals surface area contributed by atoms with E-state index in [1.165, 1.54) is 12.3 Å². The third-order valence-corrected chi connectivity index (χ3v) is 2.36. The fourth-order valence-corrected chi connectivity index (χ4v) is 1.30. The molecule has 86 valence electrons. The predicted molar refractivity (Wildman–Crippen MR) is 59.2 cm³/mol. The molecule has 1 fully saturated rings. The third-order valence-electron chi connectivity index (χ3n) is 2.36. The summed E-state index contributed by atoms with van der Waals surface area (Å²) in [5.41, 5.74) is 0.172. The number of ether oxygens (including phenoxy) is 1. The first-order chi connectivity index (χ1) is 7.58. The van der Waals surface area contributed by atoms with E-state index in [0.29, 0.717) is 11.6 Å². The molecule has 2 rings (SSSR count). The highest BCUT2D eigenvalue weighted by atomic mass is 16.5. The number of aromatic carboxylic acids is 1. The van der Waals surface area contributed by atoms with E-state index in [9.17, 15) is 4.79 Å². The summed E-state index contributed by atoms with van der Waals surface area (Å²) in [7, 11) is 3.63. The van der Waals surface area contributed by atoms with Crippen molar-refractivity contribution in [2.45, 2.75) is 18.9 Å². The monoisotopic (exact) mass is 222 g/mol. The standard InChI is InChI=1S/C11H14N2O3/c1-13(2)10-5-8(11(14)15)9(6-12-10)16-7-3-4-7/h5-7H,3-4H2,1-2H3,(H,14,15). The minimum absolute atomic E-state index is 0.171. The number of carboxylic acids is 1. The molecule has 1 heterocycles. The summed E-state index contributed by atoms with van der Waals surface area (Å²) in [6.07, 6.45) is 3.64. The van der Waals surface area contributed by atoms with Crippen LogP contribution in [-0.2, 0) is 0 Å². The van der Waals surface area contributed by atoms with Crippen molar-refractivity contribution >= 4 is 11.8 Å². The second-order valence-corrected chi connectivity index (χ2v) is 4.06. The lowest BCUT2D eigenvalue weighted by Gasteiger charge is -2.14. The van der Waals surface area contributed by atoms with Gasteiger partial charge < -0.3 is 14.7 Å². The number of rotatable bonds is 4. The van der Waals surface area contributed by atoms with Crippen LogP contribution in [0.1, 0.15) is 23.2 Å². The molecular weight excluding hydrogens is 208 g/mol. The van der Waals surface area contributed by atoms with Gasteiger partial charge in [0.25, 0.3) is 0 Å². The van der Waals surface area contributed by atoms with Crippen LogP contribution in [0.15, 0.2) is 12.3 Å². The molecule has 0 aliphatic heterocycles. The van der Waals surface area contributed by atoms with Crippen LogP contribution >= 0.6 is 0 Å². The maximum absolute atomic E-state index is 11.1. The third kappa shape index (κ3) is 2.24. The number of carboxylic acid groups (broad SMARTS) is 1. The van der Waals surface area contributed by atoms with Gasteiger partial charge in [-0.05, 0) is 18.9 Å². The van der Waals surface area contributed by atoms with Gasteiger partial charge in [-0.2, -0.15) is 0 Å². The first-order valence-corrected chi connectivity index (χ1v) is 5.15. The van der Waals surface area contributed by atoms with Crippen molar-refractivity contribution in [2.75, 3.05) is 19.0 Å². The molecule has 1 saturated carbocycles. The van der Waals surface area contributed by atoms with E-state index >= 15 is 0 Å². The molecule has 1 aliphatic rings. The van der Waals surface area contributed by atoms with Gasteiger partial charge in [0.05, 0.1) is 12.3 Å². The van der Waals surface area contributed by atoms with E-state index in [4.69, 9.17) is 9.84 Å². The lowest BCUT2D eigenvalue weighted by Crippen LogP contribution is -2.13. The molecule has 0 saturated heterocycles. The molecule has 5 nitrogen and oxygen atoms in total. The van der Waals surface area contributed by atoms with E-state index in [0.717, 1.165) is 12.8 Å². The van der Waals surface area contributed by atoms with Crippen LogP contribution in [0.4, 0.5) is 5.82 Å². The largest absolute Gasteiger partial charge is 0.488 e. The zero-order chi connectivity index (χ0) is 11.7. The van der Waals surface area contributed by atoms with Gasteiger partial charge in [-0.3, -0.25) is 0 Å². The molecule has 5 heteroatoms. The van der Waals surface area contributed by atoms with Crippen LogP contribution in [0.3, 0.4) is 0 Å². The first-order valence-electron chi connectivity index (χ1n) is 5.15. The molecule has 1 aromatic rings. The Balaban J connectivity index is 2.32. The molecular formula is C11H14N2O3. The number of carbonyl (C=O) groups is 1. The number of pyridine rings is 1. The minimum atomic E-state index is -0.985. The molecule has 0 radical (unpaired) electrons. The Morgan fingerprint density at radius 1 is 1.56 bits per heavy atom. The van der Waals surface area contributed by atoms with Gasteiger partial charge in [0.2, 0.25) is 0 Å². The zero-order valence-corrected chi connectivity index (χ0v) is 9.30. The highest BCUT2D eigenvalue weighted by molar-refractivity contribution is 5.91. The highest BCUT2D eigenvalue weighted by Gasteiger charge is 2.26. The normalized spacial score (nSPS) is 14.6. The summed E-state index contributed by atoms with van der Waals surface area (Å²) in [4.78, 5) is 17.0. The predicted octanol–water partition coefficient (Wildman–Crippen LogP) is 1.39.